The first-order valence-electron chi connectivity index (χ1n) is 12.0. The number of H-pyrrole nitrogens is 1. The number of nitrogens with zero attached hydrogens (tertiary/aromatic N) is 6. The van der Waals surface area contributed by atoms with Crippen LogP contribution >= 0.6 is 0 Å². The number of para-hydroxylation sites is 2. The Morgan fingerprint density at radius 1 is 1.09 bits per heavy atom. The van der Waals surface area contributed by atoms with Crippen molar-refractivity contribution in [2.75, 3.05) is 34.0 Å². The molecule has 3 unspecified atom stereocenters. The van der Waals surface area contributed by atoms with Gasteiger partial charge in [0.15, 0.2) is 5.65 Å². The van der Waals surface area contributed by atoms with Gasteiger partial charge in [-0.05, 0) is 43.5 Å². The Morgan fingerprint density at radius 2 is 1.89 bits per heavy atom. The highest BCUT2D eigenvalue weighted by Gasteiger charge is 2.33. The lowest BCUT2D eigenvalue weighted by atomic mass is 9.95. The van der Waals surface area contributed by atoms with Gasteiger partial charge in [0.1, 0.15) is 5.82 Å². The van der Waals surface area contributed by atoms with Gasteiger partial charge in [-0.25, -0.2) is 0 Å². The van der Waals surface area contributed by atoms with Crippen molar-refractivity contribution < 1.29 is 0 Å². The summed E-state index contributed by atoms with van der Waals surface area (Å²) >= 11 is 0. The van der Waals surface area contributed by atoms with Crippen LogP contribution in [-0.2, 0) is 6.42 Å². The van der Waals surface area contributed by atoms with Crippen LogP contribution in [0.15, 0.2) is 59.8 Å². The molecule has 2 aliphatic heterocycles. The van der Waals surface area contributed by atoms with Crippen molar-refractivity contribution >= 4 is 40.4 Å². The molecule has 0 saturated carbocycles. The quantitative estimate of drug-likeness (QED) is 0.411. The maximum absolute atomic E-state index is 5.95. The molecule has 0 saturated heterocycles. The second-order valence-electron chi connectivity index (χ2n) is 9.44. The van der Waals surface area contributed by atoms with E-state index in [1.54, 1.807) is 6.20 Å². The Hall–Kier alpha value is -4.14. The molecule has 2 aliphatic rings. The zero-order chi connectivity index (χ0) is 23.9. The molecular weight excluding hydrogens is 438 g/mol. The first kappa shape index (κ1) is 21.4. The molecule has 2 aromatic heterocycles. The fourth-order valence-corrected chi connectivity index (χ4v) is 5.24. The highest BCUT2D eigenvalue weighted by atomic mass is 15.5. The van der Waals surface area contributed by atoms with E-state index in [0.29, 0.717) is 17.4 Å². The molecule has 6 rings (SSSR count). The SMILES string of the molecule is Cc1ccccc1N1N=CC(CN2CC(Nc3nc(N)nc4[nH]ncc34)Cc3ccccc32)C1C. The van der Waals surface area contributed by atoms with E-state index < -0.39 is 0 Å². The fourth-order valence-electron chi connectivity index (χ4n) is 5.24. The van der Waals surface area contributed by atoms with Gasteiger partial charge in [-0.2, -0.15) is 20.2 Å². The highest BCUT2D eigenvalue weighted by molar-refractivity contribution is 5.87. The number of hydrogen-bond acceptors (Lipinski definition) is 8. The van der Waals surface area contributed by atoms with Gasteiger partial charge in [0.2, 0.25) is 5.95 Å². The summed E-state index contributed by atoms with van der Waals surface area (Å²) in [5.74, 6) is 1.24. The van der Waals surface area contributed by atoms with Gasteiger partial charge in [0.05, 0.1) is 23.3 Å². The number of hydrogen-bond donors (Lipinski definition) is 3. The molecule has 2 aromatic carbocycles. The van der Waals surface area contributed by atoms with Crippen LogP contribution in [0.2, 0.25) is 0 Å². The first-order valence-corrected chi connectivity index (χ1v) is 12.0. The molecule has 0 aliphatic carbocycles. The maximum Gasteiger partial charge on any atom is 0.224 e. The third kappa shape index (κ3) is 3.92. The summed E-state index contributed by atoms with van der Waals surface area (Å²) in [4.78, 5) is 11.2. The molecule has 0 bridgehead atoms. The standard InChI is InChI=1S/C26H29N9/c1-16-7-3-5-9-22(16)35-17(2)19(12-29-35)14-34-15-20(11-18-8-4-6-10-23(18)34)30-24-21-13-28-33-25(21)32-26(27)31-24/h3-10,12-13,17,19-20H,11,14-15H2,1-2H3,(H4,27,28,30,31,32,33). The molecule has 9 nitrogen and oxygen atoms in total. The smallest absolute Gasteiger partial charge is 0.224 e. The number of rotatable bonds is 5. The summed E-state index contributed by atoms with van der Waals surface area (Å²) in [6.07, 6.45) is 4.75. The highest BCUT2D eigenvalue weighted by Crippen LogP contribution is 2.33. The average Bonchev–Trinajstić information content (AvgIpc) is 3.46. The normalized spacial score (nSPS) is 21.5. The predicted octanol–water partition coefficient (Wildman–Crippen LogP) is 3.60. The van der Waals surface area contributed by atoms with Gasteiger partial charge in [0.25, 0.3) is 0 Å². The number of anilines is 4. The molecule has 4 heterocycles. The molecule has 0 spiro atoms. The van der Waals surface area contributed by atoms with Gasteiger partial charge in [0, 0.05) is 37.0 Å². The van der Waals surface area contributed by atoms with Crippen LogP contribution in [0, 0.1) is 12.8 Å². The van der Waals surface area contributed by atoms with Crippen molar-refractivity contribution in [2.45, 2.75) is 32.4 Å². The van der Waals surface area contributed by atoms with Gasteiger partial charge < -0.3 is 16.0 Å². The minimum absolute atomic E-state index is 0.165. The summed E-state index contributed by atoms with van der Waals surface area (Å²) in [6.45, 7) is 6.13. The number of nitrogen functional groups attached to an aromatic ring is 1. The zero-order valence-electron chi connectivity index (χ0n) is 19.9. The Kier molecular flexibility index (Phi) is 5.24. The van der Waals surface area contributed by atoms with Crippen LogP contribution < -0.4 is 21.0 Å². The molecule has 0 amide bonds. The maximum atomic E-state index is 5.95. The van der Waals surface area contributed by atoms with E-state index in [-0.39, 0.29) is 18.0 Å². The van der Waals surface area contributed by atoms with Crippen LogP contribution in [0.3, 0.4) is 0 Å². The largest absolute Gasteiger partial charge is 0.369 e. The summed E-state index contributed by atoms with van der Waals surface area (Å²) in [6, 6.07) is 17.5. The lowest BCUT2D eigenvalue weighted by Crippen LogP contribution is -2.46. The molecular formula is C26H29N9. The third-order valence-electron chi connectivity index (χ3n) is 7.09. The minimum Gasteiger partial charge on any atom is -0.369 e. The summed E-state index contributed by atoms with van der Waals surface area (Å²) in [5.41, 5.74) is 11.6. The molecule has 35 heavy (non-hydrogen) atoms. The van der Waals surface area contributed by atoms with E-state index in [1.165, 1.54) is 22.5 Å². The number of aromatic amines is 1. The Bertz CT molecular complexity index is 1390. The molecule has 4 N–H and O–H groups in total. The molecule has 4 aromatic rings. The minimum atomic E-state index is 0.165. The van der Waals surface area contributed by atoms with Crippen LogP contribution in [-0.4, -0.2) is 51.6 Å². The van der Waals surface area contributed by atoms with Crippen LogP contribution in [0.4, 0.5) is 23.1 Å². The number of hydrazone groups is 1. The Balaban J connectivity index is 1.24. The predicted molar refractivity (Wildman–Crippen MR) is 141 cm³/mol. The molecule has 178 valence electrons. The van der Waals surface area contributed by atoms with E-state index in [1.807, 2.05) is 0 Å². The Morgan fingerprint density at radius 3 is 2.74 bits per heavy atom. The molecule has 9 heteroatoms. The van der Waals surface area contributed by atoms with E-state index in [9.17, 15) is 0 Å². The monoisotopic (exact) mass is 467 g/mol. The lowest BCUT2D eigenvalue weighted by Gasteiger charge is -2.38. The molecule has 0 fully saturated rings. The number of nitrogens with one attached hydrogen (secondary N) is 2. The number of nitrogens with two attached hydrogens (primary N) is 1. The van der Waals surface area contributed by atoms with E-state index in [0.717, 1.165) is 24.9 Å². The van der Waals surface area contributed by atoms with Gasteiger partial charge >= 0.3 is 0 Å². The van der Waals surface area contributed by atoms with Crippen molar-refractivity contribution in [1.82, 2.24) is 20.2 Å². The van der Waals surface area contributed by atoms with Crippen molar-refractivity contribution in [3.05, 3.63) is 65.9 Å². The van der Waals surface area contributed by atoms with Crippen LogP contribution in [0.5, 0.6) is 0 Å². The molecule has 3 atom stereocenters. The topological polar surface area (TPSA) is 111 Å². The second-order valence-corrected chi connectivity index (χ2v) is 9.44. The van der Waals surface area contributed by atoms with E-state index in [4.69, 9.17) is 10.8 Å². The van der Waals surface area contributed by atoms with Crippen molar-refractivity contribution in [3.63, 3.8) is 0 Å². The summed E-state index contributed by atoms with van der Waals surface area (Å²) < 4.78 is 0. The van der Waals surface area contributed by atoms with Gasteiger partial charge in [-0.15, -0.1) is 0 Å². The van der Waals surface area contributed by atoms with Gasteiger partial charge in [-0.1, -0.05) is 36.4 Å². The van der Waals surface area contributed by atoms with Crippen LogP contribution in [0.1, 0.15) is 18.1 Å². The number of benzene rings is 2. The van der Waals surface area contributed by atoms with Crippen LogP contribution in [0.25, 0.3) is 11.0 Å². The number of aromatic nitrogens is 4. The second kappa shape index (κ2) is 8.57. The van der Waals surface area contributed by atoms with Crippen molar-refractivity contribution in [1.29, 1.82) is 0 Å². The average molecular weight is 468 g/mol. The molecule has 0 radical (unpaired) electrons. The van der Waals surface area contributed by atoms with Crippen molar-refractivity contribution in [3.8, 4) is 0 Å². The number of fused-ring (bicyclic) bond motifs is 2. The lowest BCUT2D eigenvalue weighted by molar-refractivity contribution is 0.530. The third-order valence-corrected chi connectivity index (χ3v) is 7.09. The first-order chi connectivity index (χ1) is 17.1. The van der Waals surface area contributed by atoms with Gasteiger partial charge in [-0.3, -0.25) is 10.1 Å². The fraction of sp³-hybridized carbons (Fsp3) is 0.308. The zero-order valence-corrected chi connectivity index (χ0v) is 19.9. The van der Waals surface area contributed by atoms with Crippen molar-refractivity contribution in [2.24, 2.45) is 11.0 Å². The number of aryl methyl sites for hydroxylation is 1. The summed E-state index contributed by atoms with van der Waals surface area (Å²) in [5, 5.41) is 18.4. The van der Waals surface area contributed by atoms with E-state index in [2.05, 4.69) is 104 Å². The Labute approximate surface area is 204 Å². The van der Waals surface area contributed by atoms with E-state index >= 15 is 0 Å². The summed E-state index contributed by atoms with van der Waals surface area (Å²) in [7, 11) is 0.